The largest absolute Gasteiger partial charge is 0.494 e. The normalized spacial score (nSPS) is 10.7. The zero-order valence-electron chi connectivity index (χ0n) is 17.8. The molecule has 1 heterocycles. The highest BCUT2D eigenvalue weighted by Crippen LogP contribution is 2.32. The van der Waals surface area contributed by atoms with Crippen molar-refractivity contribution in [1.82, 2.24) is 9.88 Å². The van der Waals surface area contributed by atoms with Crippen molar-refractivity contribution in [1.29, 1.82) is 0 Å². The maximum absolute atomic E-state index is 13.0. The summed E-state index contributed by atoms with van der Waals surface area (Å²) < 4.78 is 12.2. The van der Waals surface area contributed by atoms with Gasteiger partial charge in [0.05, 0.1) is 16.8 Å². The van der Waals surface area contributed by atoms with Gasteiger partial charge in [-0.3, -0.25) is 9.69 Å². The van der Waals surface area contributed by atoms with E-state index in [-0.39, 0.29) is 24.9 Å². The van der Waals surface area contributed by atoms with E-state index in [9.17, 15) is 4.79 Å². The van der Waals surface area contributed by atoms with Crippen LogP contribution in [0.15, 0.2) is 42.5 Å². The fraction of sp³-hybridized carbons (Fsp3) is 0.364. The number of fused-ring (bicyclic) bond motifs is 1. The number of halogens is 2. The molecule has 6 nitrogen and oxygen atoms in total. The molecule has 0 atom stereocenters. The zero-order valence-corrected chi connectivity index (χ0v) is 20.2. The Morgan fingerprint density at radius 2 is 1.77 bits per heavy atom. The van der Waals surface area contributed by atoms with Gasteiger partial charge in [0.15, 0.2) is 11.7 Å². The maximum atomic E-state index is 13.0. The molecule has 168 valence electrons. The van der Waals surface area contributed by atoms with E-state index in [1.54, 1.807) is 29.2 Å². The molecule has 0 saturated heterocycles. The second-order valence-electron chi connectivity index (χ2n) is 7.00. The highest BCUT2D eigenvalue weighted by molar-refractivity contribution is 7.22. The van der Waals surface area contributed by atoms with Gasteiger partial charge in [0, 0.05) is 11.6 Å². The molecular weight excluding hydrogens is 457 g/mol. The van der Waals surface area contributed by atoms with E-state index >= 15 is 0 Å². The molecule has 0 unspecified atom stereocenters. The molecule has 0 spiro atoms. The SMILES string of the molecule is CCOc1ccc2nc(N(CCCN(C)C)C(=O)COc3ccc(Cl)cc3)sc2c1.Cl. The number of aromatic nitrogens is 1. The highest BCUT2D eigenvalue weighted by atomic mass is 35.5. The number of carbonyl (C=O) groups is 1. The summed E-state index contributed by atoms with van der Waals surface area (Å²) in [6.45, 7) is 3.94. The van der Waals surface area contributed by atoms with Crippen LogP contribution in [0.5, 0.6) is 11.5 Å². The lowest BCUT2D eigenvalue weighted by atomic mass is 10.3. The predicted molar refractivity (Wildman–Crippen MR) is 131 cm³/mol. The molecule has 31 heavy (non-hydrogen) atoms. The van der Waals surface area contributed by atoms with E-state index in [1.165, 1.54) is 11.3 Å². The van der Waals surface area contributed by atoms with Crippen molar-refractivity contribution in [3.63, 3.8) is 0 Å². The molecule has 9 heteroatoms. The Morgan fingerprint density at radius 1 is 1.06 bits per heavy atom. The summed E-state index contributed by atoms with van der Waals surface area (Å²) in [5.41, 5.74) is 0.850. The molecular formula is C22H27Cl2N3O3S. The summed E-state index contributed by atoms with van der Waals surface area (Å²) in [4.78, 5) is 21.5. The van der Waals surface area contributed by atoms with E-state index in [4.69, 9.17) is 21.1 Å². The molecule has 0 aliphatic carbocycles. The minimum atomic E-state index is -0.132. The van der Waals surface area contributed by atoms with Crippen LogP contribution in [0.25, 0.3) is 10.2 Å². The molecule has 0 saturated carbocycles. The molecule has 0 radical (unpaired) electrons. The standard InChI is InChI=1S/C22H26ClN3O3S.ClH/c1-4-28-18-10-11-19-20(14-18)30-22(24-19)26(13-5-12-25(2)3)21(27)15-29-17-8-6-16(23)7-9-17;/h6-11,14H,4-5,12-13,15H2,1-3H3;1H. The number of nitrogens with zero attached hydrogens (tertiary/aromatic N) is 3. The van der Waals surface area contributed by atoms with Gasteiger partial charge in [-0.05, 0) is 76.4 Å². The summed E-state index contributed by atoms with van der Waals surface area (Å²) in [5.74, 6) is 1.27. The van der Waals surface area contributed by atoms with E-state index in [0.717, 1.165) is 28.9 Å². The van der Waals surface area contributed by atoms with Crippen molar-refractivity contribution in [3.8, 4) is 11.5 Å². The lowest BCUT2D eigenvalue weighted by Crippen LogP contribution is -2.36. The maximum Gasteiger partial charge on any atom is 0.266 e. The number of benzene rings is 2. The third-order valence-corrected chi connectivity index (χ3v) is 5.65. The Morgan fingerprint density at radius 3 is 2.45 bits per heavy atom. The average molecular weight is 484 g/mol. The van der Waals surface area contributed by atoms with Crippen LogP contribution in [-0.4, -0.2) is 56.2 Å². The second kappa shape index (κ2) is 12.1. The van der Waals surface area contributed by atoms with E-state index in [1.807, 2.05) is 39.2 Å². The van der Waals surface area contributed by atoms with Crippen molar-refractivity contribution < 1.29 is 14.3 Å². The minimum absolute atomic E-state index is 0. The van der Waals surface area contributed by atoms with Crippen LogP contribution in [0.4, 0.5) is 5.13 Å². The summed E-state index contributed by atoms with van der Waals surface area (Å²) in [5, 5.41) is 1.29. The molecule has 1 aromatic heterocycles. The smallest absolute Gasteiger partial charge is 0.266 e. The number of amides is 1. The van der Waals surface area contributed by atoms with Gasteiger partial charge in [-0.2, -0.15) is 0 Å². The van der Waals surface area contributed by atoms with Crippen molar-refractivity contribution in [2.24, 2.45) is 0 Å². The predicted octanol–water partition coefficient (Wildman–Crippen LogP) is 5.13. The third kappa shape index (κ3) is 7.25. The first kappa shape index (κ1) is 25.2. The lowest BCUT2D eigenvalue weighted by Gasteiger charge is -2.21. The molecule has 0 aliphatic heterocycles. The average Bonchev–Trinajstić information content (AvgIpc) is 3.13. The number of carbonyl (C=O) groups excluding carboxylic acids is 1. The molecule has 0 fully saturated rings. The number of hydrogen-bond donors (Lipinski definition) is 0. The summed E-state index contributed by atoms with van der Waals surface area (Å²) in [7, 11) is 4.03. The molecule has 2 aromatic carbocycles. The number of hydrogen-bond acceptors (Lipinski definition) is 6. The van der Waals surface area contributed by atoms with Crippen LogP contribution in [0.2, 0.25) is 5.02 Å². The van der Waals surface area contributed by atoms with Gasteiger partial charge < -0.3 is 14.4 Å². The molecule has 0 N–H and O–H groups in total. The van der Waals surface area contributed by atoms with E-state index < -0.39 is 0 Å². The fourth-order valence-corrected chi connectivity index (χ4v) is 4.05. The van der Waals surface area contributed by atoms with E-state index in [2.05, 4.69) is 9.88 Å². The summed E-state index contributed by atoms with van der Waals surface area (Å²) in [6, 6.07) is 12.8. The first-order chi connectivity index (χ1) is 14.5. The Hall–Kier alpha value is -2.06. The van der Waals surface area contributed by atoms with Crippen molar-refractivity contribution in [2.75, 3.05) is 45.3 Å². The monoisotopic (exact) mass is 483 g/mol. The van der Waals surface area contributed by atoms with Crippen LogP contribution in [0, 0.1) is 0 Å². The van der Waals surface area contributed by atoms with Gasteiger partial charge in [-0.1, -0.05) is 22.9 Å². The molecule has 3 aromatic rings. The van der Waals surface area contributed by atoms with Crippen LogP contribution in [-0.2, 0) is 4.79 Å². The number of anilines is 1. The van der Waals surface area contributed by atoms with Crippen molar-refractivity contribution in [3.05, 3.63) is 47.5 Å². The summed E-state index contributed by atoms with van der Waals surface area (Å²) >= 11 is 7.39. The van der Waals surface area contributed by atoms with Gasteiger partial charge in [-0.15, -0.1) is 12.4 Å². The van der Waals surface area contributed by atoms with E-state index in [0.29, 0.717) is 29.1 Å². The number of ether oxygens (including phenoxy) is 2. The number of rotatable bonds is 10. The van der Waals surface area contributed by atoms with Crippen molar-refractivity contribution in [2.45, 2.75) is 13.3 Å². The first-order valence-corrected chi connectivity index (χ1v) is 11.0. The van der Waals surface area contributed by atoms with Crippen molar-refractivity contribution >= 4 is 56.6 Å². The summed E-state index contributed by atoms with van der Waals surface area (Å²) in [6.07, 6.45) is 0.833. The van der Waals surface area contributed by atoms with Gasteiger partial charge >= 0.3 is 0 Å². The second-order valence-corrected chi connectivity index (χ2v) is 8.45. The Balaban J connectivity index is 0.00000341. The molecule has 1 amide bonds. The highest BCUT2D eigenvalue weighted by Gasteiger charge is 2.20. The molecule has 3 rings (SSSR count). The third-order valence-electron chi connectivity index (χ3n) is 4.35. The van der Waals surface area contributed by atoms with Crippen LogP contribution >= 0.6 is 35.3 Å². The van der Waals surface area contributed by atoms with Gasteiger partial charge in [0.1, 0.15) is 11.5 Å². The first-order valence-electron chi connectivity index (χ1n) is 9.83. The Kier molecular flexibility index (Phi) is 9.84. The van der Waals surface area contributed by atoms with Crippen LogP contribution in [0.3, 0.4) is 0 Å². The lowest BCUT2D eigenvalue weighted by molar-refractivity contribution is -0.120. The van der Waals surface area contributed by atoms with Crippen LogP contribution in [0.1, 0.15) is 13.3 Å². The molecule has 0 aliphatic rings. The van der Waals surface area contributed by atoms with Gasteiger partial charge in [-0.25, -0.2) is 4.98 Å². The Labute approximate surface area is 198 Å². The topological polar surface area (TPSA) is 54.9 Å². The Bertz CT molecular complexity index is 980. The fourth-order valence-electron chi connectivity index (χ4n) is 2.89. The van der Waals surface area contributed by atoms with Crippen LogP contribution < -0.4 is 14.4 Å². The quantitative estimate of drug-likeness (QED) is 0.399. The van der Waals surface area contributed by atoms with Gasteiger partial charge in [0.25, 0.3) is 5.91 Å². The minimum Gasteiger partial charge on any atom is -0.494 e. The zero-order chi connectivity index (χ0) is 21.5. The number of thiazole rings is 1. The van der Waals surface area contributed by atoms with Gasteiger partial charge in [0.2, 0.25) is 0 Å². The molecule has 0 bridgehead atoms.